The van der Waals surface area contributed by atoms with E-state index in [0.29, 0.717) is 12.8 Å². The Balaban J connectivity index is 2.07. The Morgan fingerprint density at radius 1 is 1.21 bits per heavy atom. The van der Waals surface area contributed by atoms with Crippen molar-refractivity contribution in [2.75, 3.05) is 0 Å². The number of hydrogen-bond donors (Lipinski definition) is 0. The number of esters is 1. The van der Waals surface area contributed by atoms with Gasteiger partial charge in [-0.3, -0.25) is 0 Å². The molecule has 0 N–H and O–H groups in total. The molecule has 5 nitrogen and oxygen atoms in total. The number of hydrogen-bond acceptors (Lipinski definition) is 5. The second-order valence-corrected chi connectivity index (χ2v) is 5.23. The van der Waals surface area contributed by atoms with Gasteiger partial charge in [0.15, 0.2) is 5.54 Å². The summed E-state index contributed by atoms with van der Waals surface area (Å²) < 4.78 is 30.3. The molecule has 1 fully saturated rings. The molecule has 102 valence electrons. The highest BCUT2D eigenvalue weighted by Crippen LogP contribution is 2.34. The number of carbonyl (C=O) groups is 1. The molecule has 6 heteroatoms. The van der Waals surface area contributed by atoms with Crippen molar-refractivity contribution in [3.05, 3.63) is 35.9 Å². The minimum Gasteiger partial charge on any atom is -0.459 e. The van der Waals surface area contributed by atoms with Crippen LogP contribution in [0.15, 0.2) is 34.7 Å². The first kappa shape index (κ1) is 13.7. The highest BCUT2D eigenvalue weighted by atomic mass is 32.2. The second kappa shape index (κ2) is 5.97. The zero-order chi connectivity index (χ0) is 13.7. The van der Waals surface area contributed by atoms with Crippen LogP contribution < -0.4 is 0 Å². The van der Waals surface area contributed by atoms with E-state index in [2.05, 4.69) is 4.36 Å². The molecule has 0 aliphatic heterocycles. The molecule has 1 aromatic carbocycles. The number of benzene rings is 1. The zero-order valence-corrected chi connectivity index (χ0v) is 11.2. The largest absolute Gasteiger partial charge is 0.459 e. The van der Waals surface area contributed by atoms with Crippen LogP contribution in [0.1, 0.15) is 31.2 Å². The van der Waals surface area contributed by atoms with Gasteiger partial charge < -0.3 is 4.74 Å². The van der Waals surface area contributed by atoms with Crippen molar-refractivity contribution in [2.45, 2.75) is 37.8 Å². The van der Waals surface area contributed by atoms with E-state index in [1.807, 2.05) is 30.3 Å². The van der Waals surface area contributed by atoms with Crippen molar-refractivity contribution < 1.29 is 17.9 Å². The van der Waals surface area contributed by atoms with Crippen LogP contribution in [0.2, 0.25) is 0 Å². The molecule has 0 bridgehead atoms. The first-order chi connectivity index (χ1) is 9.12. The maximum atomic E-state index is 12.1. The van der Waals surface area contributed by atoms with Gasteiger partial charge in [-0.05, 0) is 18.4 Å². The summed E-state index contributed by atoms with van der Waals surface area (Å²) in [5.41, 5.74) is -0.325. The lowest BCUT2D eigenvalue weighted by atomic mass is 10.00. The summed E-state index contributed by atoms with van der Waals surface area (Å²) in [5.74, 6) is -0.543. The molecule has 2 rings (SSSR count). The molecule has 0 amide bonds. The maximum absolute atomic E-state index is 12.1. The molecule has 1 aromatic rings. The minimum absolute atomic E-state index is 0.141. The number of ether oxygens (including phenoxy) is 1. The average Bonchev–Trinajstić information content (AvgIpc) is 2.86. The van der Waals surface area contributed by atoms with Gasteiger partial charge in [-0.1, -0.05) is 43.2 Å². The summed E-state index contributed by atoms with van der Waals surface area (Å²) in [4.78, 5) is 12.1. The Hall–Kier alpha value is -1.69. The van der Waals surface area contributed by atoms with Crippen LogP contribution in [0, 0.1) is 0 Å². The van der Waals surface area contributed by atoms with Gasteiger partial charge in [-0.15, -0.1) is 0 Å². The van der Waals surface area contributed by atoms with E-state index in [1.54, 1.807) is 0 Å². The van der Waals surface area contributed by atoms with Gasteiger partial charge in [-0.2, -0.15) is 12.8 Å². The van der Waals surface area contributed by atoms with Crippen molar-refractivity contribution in [1.82, 2.24) is 0 Å². The third kappa shape index (κ3) is 3.41. The number of nitrogens with zero attached hydrogens (tertiary/aromatic N) is 1. The zero-order valence-electron chi connectivity index (χ0n) is 10.4. The van der Waals surface area contributed by atoms with Gasteiger partial charge in [0.05, 0.1) is 0 Å². The lowest BCUT2D eigenvalue weighted by Gasteiger charge is -2.19. The summed E-state index contributed by atoms with van der Waals surface area (Å²) in [5, 5.41) is 0. The van der Waals surface area contributed by atoms with Crippen LogP contribution in [-0.4, -0.2) is 19.9 Å². The average molecular weight is 281 g/mol. The fourth-order valence-electron chi connectivity index (χ4n) is 2.29. The Morgan fingerprint density at radius 3 is 2.42 bits per heavy atom. The molecule has 0 atom stereocenters. The van der Waals surface area contributed by atoms with Crippen molar-refractivity contribution in [3.8, 4) is 0 Å². The molecule has 1 aliphatic carbocycles. The molecular formula is C13H15NO4S. The summed E-state index contributed by atoms with van der Waals surface area (Å²) in [6.45, 7) is 0.141. The minimum atomic E-state index is -2.59. The van der Waals surface area contributed by atoms with E-state index in [-0.39, 0.29) is 6.61 Å². The predicted octanol–water partition coefficient (Wildman–Crippen LogP) is 2.11. The van der Waals surface area contributed by atoms with Crippen LogP contribution in [0.4, 0.5) is 0 Å². The second-order valence-electron chi connectivity index (χ2n) is 4.61. The van der Waals surface area contributed by atoms with E-state index >= 15 is 0 Å². The number of rotatable bonds is 4. The van der Waals surface area contributed by atoms with E-state index in [9.17, 15) is 13.2 Å². The summed E-state index contributed by atoms with van der Waals surface area (Å²) >= 11 is 0. The van der Waals surface area contributed by atoms with Gasteiger partial charge in [-0.25, -0.2) is 4.79 Å². The van der Waals surface area contributed by atoms with Crippen LogP contribution in [-0.2, 0) is 26.6 Å². The fraction of sp³-hybridized carbons (Fsp3) is 0.462. The van der Waals surface area contributed by atoms with Crippen molar-refractivity contribution >= 4 is 16.5 Å². The van der Waals surface area contributed by atoms with Gasteiger partial charge in [0.1, 0.15) is 6.61 Å². The molecule has 0 saturated heterocycles. The van der Waals surface area contributed by atoms with Crippen LogP contribution >= 0.6 is 0 Å². The quantitative estimate of drug-likeness (QED) is 0.792. The van der Waals surface area contributed by atoms with Gasteiger partial charge >= 0.3 is 16.5 Å². The van der Waals surface area contributed by atoms with E-state index in [0.717, 1.165) is 18.4 Å². The lowest BCUT2D eigenvalue weighted by Crippen LogP contribution is -2.35. The summed E-state index contributed by atoms with van der Waals surface area (Å²) in [7, 11) is -2.59. The predicted molar refractivity (Wildman–Crippen MR) is 68.8 cm³/mol. The van der Waals surface area contributed by atoms with Crippen LogP contribution in [0.3, 0.4) is 0 Å². The normalized spacial score (nSPS) is 16.8. The van der Waals surface area contributed by atoms with Gasteiger partial charge in [0.25, 0.3) is 0 Å². The van der Waals surface area contributed by atoms with Crippen LogP contribution in [0.5, 0.6) is 0 Å². The van der Waals surface area contributed by atoms with Crippen LogP contribution in [0.25, 0.3) is 0 Å². The van der Waals surface area contributed by atoms with E-state index in [1.165, 1.54) is 0 Å². The standard InChI is InChI=1S/C13H15NO4S/c15-12(18-10-11-6-2-1-3-7-11)13(14-19(16)17)8-4-5-9-13/h1-3,6-7H,4-5,8-10H2. The third-order valence-electron chi connectivity index (χ3n) is 3.27. The molecule has 0 radical (unpaired) electrons. The summed E-state index contributed by atoms with van der Waals surface area (Å²) in [6, 6.07) is 9.27. The topological polar surface area (TPSA) is 72.8 Å². The third-order valence-corrected chi connectivity index (χ3v) is 3.77. The molecule has 1 aliphatic rings. The van der Waals surface area contributed by atoms with E-state index < -0.39 is 22.0 Å². The highest BCUT2D eigenvalue weighted by Gasteiger charge is 2.43. The Morgan fingerprint density at radius 2 is 1.84 bits per heavy atom. The smallest absolute Gasteiger partial charge is 0.335 e. The molecule has 19 heavy (non-hydrogen) atoms. The fourth-order valence-corrected chi connectivity index (χ4v) is 2.84. The molecule has 1 saturated carbocycles. The summed E-state index contributed by atoms with van der Waals surface area (Å²) in [6.07, 6.45) is 2.46. The first-order valence-corrected chi connectivity index (χ1v) is 7.19. The SMILES string of the molecule is O=C(OCc1ccccc1)C1(N=S(=O)=O)CCCC1. The molecule has 0 unspecified atom stereocenters. The Bertz CT molecular complexity index is 566. The molecule has 0 spiro atoms. The lowest BCUT2D eigenvalue weighted by molar-refractivity contribution is -0.151. The van der Waals surface area contributed by atoms with Gasteiger partial charge in [0.2, 0.25) is 0 Å². The first-order valence-electron chi connectivity index (χ1n) is 6.16. The highest BCUT2D eigenvalue weighted by molar-refractivity contribution is 7.61. The molecule has 0 aromatic heterocycles. The van der Waals surface area contributed by atoms with Crippen molar-refractivity contribution in [1.29, 1.82) is 0 Å². The van der Waals surface area contributed by atoms with E-state index in [4.69, 9.17) is 4.74 Å². The molecular weight excluding hydrogens is 266 g/mol. The maximum Gasteiger partial charge on any atom is 0.335 e. The number of carbonyl (C=O) groups excluding carboxylic acids is 1. The monoisotopic (exact) mass is 281 g/mol. The van der Waals surface area contributed by atoms with Gasteiger partial charge in [0, 0.05) is 0 Å². The molecule has 0 heterocycles. The Labute approximate surface area is 113 Å². The van der Waals surface area contributed by atoms with Crippen molar-refractivity contribution in [3.63, 3.8) is 0 Å². The Kier molecular flexibility index (Phi) is 4.31. The van der Waals surface area contributed by atoms with Crippen molar-refractivity contribution in [2.24, 2.45) is 4.36 Å².